The van der Waals surface area contributed by atoms with Crippen LogP contribution in [0.2, 0.25) is 0 Å². The largest absolute Gasteiger partial charge is 0.420 e. The molecule has 0 aliphatic carbocycles. The lowest BCUT2D eigenvalue weighted by Gasteiger charge is -1.97. The second-order valence-corrected chi connectivity index (χ2v) is 3.73. The van der Waals surface area contributed by atoms with E-state index in [-0.39, 0.29) is 5.92 Å². The van der Waals surface area contributed by atoms with Gasteiger partial charge in [-0.15, -0.1) is 10.2 Å². The molecule has 4 heteroatoms. The Morgan fingerprint density at radius 3 is 2.67 bits per heavy atom. The number of nitrogens with two attached hydrogens (primary N) is 1. The number of rotatable bonds is 2. The van der Waals surface area contributed by atoms with Gasteiger partial charge in [-0.1, -0.05) is 19.9 Å². The summed E-state index contributed by atoms with van der Waals surface area (Å²) in [7, 11) is 0. The molecule has 2 rings (SSSR count). The molecule has 0 atom stereocenters. The number of anilines is 1. The van der Waals surface area contributed by atoms with Crippen molar-refractivity contribution in [2.24, 2.45) is 0 Å². The van der Waals surface area contributed by atoms with Gasteiger partial charge in [0.15, 0.2) is 0 Å². The lowest BCUT2D eigenvalue weighted by molar-refractivity contribution is 0.481. The normalized spacial score (nSPS) is 10.9. The fraction of sp³-hybridized carbons (Fsp3) is 0.273. The van der Waals surface area contributed by atoms with Crippen molar-refractivity contribution in [2.45, 2.75) is 19.8 Å². The predicted octanol–water partition coefficient (Wildman–Crippen LogP) is 2.44. The molecular weight excluding hydrogens is 190 g/mol. The first-order valence-corrected chi connectivity index (χ1v) is 4.86. The van der Waals surface area contributed by atoms with E-state index >= 15 is 0 Å². The third kappa shape index (κ3) is 1.98. The average molecular weight is 203 g/mol. The standard InChI is InChI=1S/C11H13N3O/c1-7(2)10-13-14-11(15-10)8-4-3-5-9(12)6-8/h3-7H,12H2,1-2H3. The minimum absolute atomic E-state index is 0.243. The summed E-state index contributed by atoms with van der Waals surface area (Å²) in [5.41, 5.74) is 7.22. The van der Waals surface area contributed by atoms with Gasteiger partial charge in [-0.25, -0.2) is 0 Å². The topological polar surface area (TPSA) is 64.9 Å². The first-order valence-electron chi connectivity index (χ1n) is 4.86. The Morgan fingerprint density at radius 1 is 1.27 bits per heavy atom. The van der Waals surface area contributed by atoms with Crippen molar-refractivity contribution in [1.29, 1.82) is 0 Å². The molecule has 4 nitrogen and oxygen atoms in total. The fourth-order valence-electron chi connectivity index (χ4n) is 1.26. The molecule has 0 aliphatic rings. The number of nitrogens with zero attached hydrogens (tertiary/aromatic N) is 2. The van der Waals surface area contributed by atoms with Crippen molar-refractivity contribution in [3.63, 3.8) is 0 Å². The number of nitrogen functional groups attached to an aromatic ring is 1. The quantitative estimate of drug-likeness (QED) is 0.761. The van der Waals surface area contributed by atoms with E-state index in [4.69, 9.17) is 10.2 Å². The number of aromatic nitrogens is 2. The second-order valence-electron chi connectivity index (χ2n) is 3.73. The smallest absolute Gasteiger partial charge is 0.247 e. The molecule has 0 aliphatic heterocycles. The van der Waals surface area contributed by atoms with Crippen molar-refractivity contribution in [3.8, 4) is 11.5 Å². The van der Waals surface area contributed by atoms with Crippen LogP contribution in [0.1, 0.15) is 25.7 Å². The van der Waals surface area contributed by atoms with Gasteiger partial charge in [-0.2, -0.15) is 0 Å². The van der Waals surface area contributed by atoms with Gasteiger partial charge in [0.2, 0.25) is 11.8 Å². The molecule has 0 amide bonds. The molecule has 2 N–H and O–H groups in total. The molecular formula is C11H13N3O. The summed E-state index contributed by atoms with van der Waals surface area (Å²) < 4.78 is 5.51. The lowest BCUT2D eigenvalue weighted by Crippen LogP contribution is -1.85. The molecule has 0 saturated heterocycles. The molecule has 1 heterocycles. The number of hydrogen-bond donors (Lipinski definition) is 1. The Bertz CT molecular complexity index is 462. The highest BCUT2D eigenvalue weighted by Gasteiger charge is 2.10. The van der Waals surface area contributed by atoms with Crippen molar-refractivity contribution < 1.29 is 4.42 Å². The highest BCUT2D eigenvalue weighted by atomic mass is 16.4. The summed E-state index contributed by atoms with van der Waals surface area (Å²) in [5, 5.41) is 7.94. The maximum Gasteiger partial charge on any atom is 0.247 e. The molecule has 1 aromatic carbocycles. The Hall–Kier alpha value is -1.84. The van der Waals surface area contributed by atoms with Gasteiger partial charge in [0.25, 0.3) is 0 Å². The van der Waals surface area contributed by atoms with Crippen molar-refractivity contribution >= 4 is 5.69 Å². The molecule has 0 fully saturated rings. The van der Waals surface area contributed by atoms with Gasteiger partial charge < -0.3 is 10.2 Å². The van der Waals surface area contributed by atoms with Gasteiger partial charge in [-0.3, -0.25) is 0 Å². The fourth-order valence-corrected chi connectivity index (χ4v) is 1.26. The van der Waals surface area contributed by atoms with E-state index in [9.17, 15) is 0 Å². The monoisotopic (exact) mass is 203 g/mol. The summed E-state index contributed by atoms with van der Waals surface area (Å²) in [4.78, 5) is 0. The second kappa shape index (κ2) is 3.73. The SMILES string of the molecule is CC(C)c1nnc(-c2cccc(N)c2)o1. The zero-order chi connectivity index (χ0) is 10.8. The van der Waals surface area contributed by atoms with Crippen LogP contribution in [0.25, 0.3) is 11.5 Å². The molecule has 0 unspecified atom stereocenters. The van der Waals surface area contributed by atoms with E-state index in [1.54, 1.807) is 0 Å². The first-order chi connectivity index (χ1) is 7.16. The van der Waals surface area contributed by atoms with E-state index in [1.165, 1.54) is 0 Å². The molecule has 0 bridgehead atoms. The zero-order valence-electron chi connectivity index (χ0n) is 8.77. The highest BCUT2D eigenvalue weighted by Crippen LogP contribution is 2.22. The lowest BCUT2D eigenvalue weighted by atomic mass is 10.2. The minimum Gasteiger partial charge on any atom is -0.420 e. The van der Waals surface area contributed by atoms with E-state index in [0.717, 1.165) is 5.56 Å². The van der Waals surface area contributed by atoms with Gasteiger partial charge in [0.1, 0.15) is 0 Å². The van der Waals surface area contributed by atoms with Crippen LogP contribution in [0.5, 0.6) is 0 Å². The van der Waals surface area contributed by atoms with Crippen LogP contribution in [0.3, 0.4) is 0 Å². The molecule has 2 aromatic rings. The van der Waals surface area contributed by atoms with Gasteiger partial charge in [0.05, 0.1) is 0 Å². The Labute approximate surface area is 88.1 Å². The number of benzene rings is 1. The minimum atomic E-state index is 0.243. The molecule has 0 radical (unpaired) electrons. The summed E-state index contributed by atoms with van der Waals surface area (Å²) >= 11 is 0. The van der Waals surface area contributed by atoms with Crippen LogP contribution < -0.4 is 5.73 Å². The van der Waals surface area contributed by atoms with Crippen LogP contribution in [0, 0.1) is 0 Å². The van der Waals surface area contributed by atoms with E-state index in [2.05, 4.69) is 10.2 Å². The van der Waals surface area contributed by atoms with E-state index in [0.29, 0.717) is 17.5 Å². The van der Waals surface area contributed by atoms with Crippen LogP contribution in [0.15, 0.2) is 28.7 Å². The van der Waals surface area contributed by atoms with Crippen LogP contribution in [-0.2, 0) is 0 Å². The Balaban J connectivity index is 2.37. The summed E-state index contributed by atoms with van der Waals surface area (Å²) in [6.07, 6.45) is 0. The first kappa shape index (κ1) is 9.71. The van der Waals surface area contributed by atoms with Crippen LogP contribution in [-0.4, -0.2) is 10.2 Å². The van der Waals surface area contributed by atoms with Crippen molar-refractivity contribution in [1.82, 2.24) is 10.2 Å². The third-order valence-corrected chi connectivity index (χ3v) is 2.07. The maximum atomic E-state index is 5.67. The molecule has 78 valence electrons. The van der Waals surface area contributed by atoms with Gasteiger partial charge in [-0.05, 0) is 18.2 Å². The molecule has 0 saturated carbocycles. The summed E-state index contributed by atoms with van der Waals surface area (Å²) in [6.45, 7) is 4.02. The van der Waals surface area contributed by atoms with Crippen molar-refractivity contribution in [3.05, 3.63) is 30.2 Å². The maximum absolute atomic E-state index is 5.67. The Morgan fingerprint density at radius 2 is 2.07 bits per heavy atom. The molecule has 0 spiro atoms. The zero-order valence-corrected chi connectivity index (χ0v) is 8.77. The summed E-state index contributed by atoms with van der Waals surface area (Å²) in [6, 6.07) is 7.40. The number of hydrogen-bond acceptors (Lipinski definition) is 4. The van der Waals surface area contributed by atoms with Crippen molar-refractivity contribution in [2.75, 3.05) is 5.73 Å². The van der Waals surface area contributed by atoms with Gasteiger partial charge >= 0.3 is 0 Å². The van der Waals surface area contributed by atoms with E-state index in [1.807, 2.05) is 38.1 Å². The average Bonchev–Trinajstić information content (AvgIpc) is 2.66. The predicted molar refractivity (Wildman–Crippen MR) is 58.2 cm³/mol. The highest BCUT2D eigenvalue weighted by molar-refractivity contribution is 5.59. The van der Waals surface area contributed by atoms with Gasteiger partial charge in [0, 0.05) is 17.2 Å². The van der Waals surface area contributed by atoms with Crippen LogP contribution in [0.4, 0.5) is 5.69 Å². The van der Waals surface area contributed by atoms with Crippen LogP contribution >= 0.6 is 0 Å². The third-order valence-electron chi connectivity index (χ3n) is 2.07. The Kier molecular flexibility index (Phi) is 2.41. The molecule has 15 heavy (non-hydrogen) atoms. The summed E-state index contributed by atoms with van der Waals surface area (Å²) in [5.74, 6) is 1.41. The van der Waals surface area contributed by atoms with E-state index < -0.39 is 0 Å². The molecule has 1 aromatic heterocycles.